The second-order valence-corrected chi connectivity index (χ2v) is 10.9. The molecule has 5 nitrogen and oxygen atoms in total. The van der Waals surface area contributed by atoms with E-state index in [1.807, 2.05) is 87.5 Å². The molecule has 0 aliphatic carbocycles. The standard InChI is InChI=1S/C30H30ClNO4S/c1-19-17-25(18-20(2)27(19)31)36-16-8-15-32-22(4)29(21(3)28(32)30(33)34)37(35)26-13-11-24(12-14-26)23-9-6-5-7-10-23/h5-7,9-14,17-18H,8,15-16H2,1-4H3,(H,33,34). The van der Waals surface area contributed by atoms with E-state index in [-0.39, 0.29) is 5.69 Å². The van der Waals surface area contributed by atoms with Crippen LogP contribution in [0.5, 0.6) is 5.75 Å². The van der Waals surface area contributed by atoms with Crippen LogP contribution >= 0.6 is 11.6 Å². The van der Waals surface area contributed by atoms with Crippen LogP contribution in [0, 0.1) is 27.7 Å². The molecule has 0 aliphatic rings. The van der Waals surface area contributed by atoms with Crippen LogP contribution in [0.3, 0.4) is 0 Å². The van der Waals surface area contributed by atoms with Crippen molar-refractivity contribution in [1.29, 1.82) is 0 Å². The molecule has 0 aliphatic heterocycles. The average Bonchev–Trinajstić information content (AvgIpc) is 3.14. The third-order valence-electron chi connectivity index (χ3n) is 6.47. The molecule has 4 rings (SSSR count). The first-order valence-corrected chi connectivity index (χ1v) is 13.6. The number of hydrogen-bond acceptors (Lipinski definition) is 3. The molecule has 1 aromatic heterocycles. The first-order chi connectivity index (χ1) is 17.7. The number of carboxylic acid groups (broad SMARTS) is 1. The lowest BCUT2D eigenvalue weighted by atomic mass is 10.1. The molecule has 7 heteroatoms. The molecule has 0 bridgehead atoms. The highest BCUT2D eigenvalue weighted by Crippen LogP contribution is 2.33. The maximum atomic E-state index is 13.6. The van der Waals surface area contributed by atoms with Crippen LogP contribution in [-0.4, -0.2) is 26.8 Å². The summed E-state index contributed by atoms with van der Waals surface area (Å²) in [4.78, 5) is 13.4. The summed E-state index contributed by atoms with van der Waals surface area (Å²) in [7, 11) is 0. The zero-order chi connectivity index (χ0) is 26.7. The van der Waals surface area contributed by atoms with Crippen LogP contribution in [0.2, 0.25) is 5.02 Å². The Kier molecular flexibility index (Phi) is 8.32. The van der Waals surface area contributed by atoms with Crippen LogP contribution in [0.4, 0.5) is 0 Å². The monoisotopic (exact) mass is 535 g/mol. The van der Waals surface area contributed by atoms with Crippen molar-refractivity contribution in [2.24, 2.45) is 0 Å². The van der Waals surface area contributed by atoms with Crippen LogP contribution in [0.1, 0.15) is 39.3 Å². The Morgan fingerprint density at radius 2 is 1.57 bits per heavy atom. The van der Waals surface area contributed by atoms with Gasteiger partial charge in [-0.1, -0.05) is 41.9 Å². The van der Waals surface area contributed by atoms with Crippen molar-refractivity contribution in [1.82, 2.24) is 4.57 Å². The summed E-state index contributed by atoms with van der Waals surface area (Å²) in [6, 6.07) is 21.4. The van der Waals surface area contributed by atoms with Crippen LogP contribution in [-0.2, 0) is 17.7 Å². The summed E-state index contributed by atoms with van der Waals surface area (Å²) in [6.07, 6.45) is 0.591. The molecule has 1 heterocycles. The minimum absolute atomic E-state index is 0.167. The van der Waals surface area contributed by atoms with E-state index >= 15 is 0 Å². The zero-order valence-corrected chi connectivity index (χ0v) is 22.9. The summed E-state index contributed by atoms with van der Waals surface area (Å²) >= 11 is 4.73. The van der Waals surface area contributed by atoms with Gasteiger partial charge in [0, 0.05) is 28.3 Å². The molecule has 0 spiro atoms. The van der Waals surface area contributed by atoms with Gasteiger partial charge in [0.25, 0.3) is 0 Å². The highest BCUT2D eigenvalue weighted by Gasteiger charge is 2.30. The fraction of sp³-hybridized carbons (Fsp3) is 0.233. The van der Waals surface area contributed by atoms with Gasteiger partial charge in [0.1, 0.15) is 11.4 Å². The van der Waals surface area contributed by atoms with Gasteiger partial charge >= 0.3 is 5.97 Å². The van der Waals surface area contributed by atoms with Crippen molar-refractivity contribution in [3.05, 3.63) is 99.8 Å². The van der Waals surface area contributed by atoms with Crippen molar-refractivity contribution in [2.45, 2.75) is 50.5 Å². The molecule has 0 saturated heterocycles. The maximum Gasteiger partial charge on any atom is 0.352 e. The van der Waals surface area contributed by atoms with Gasteiger partial charge in [-0.3, -0.25) is 0 Å². The lowest BCUT2D eigenvalue weighted by Crippen LogP contribution is -2.13. The zero-order valence-electron chi connectivity index (χ0n) is 21.4. The van der Waals surface area contributed by atoms with E-state index in [0.29, 0.717) is 40.6 Å². The van der Waals surface area contributed by atoms with E-state index < -0.39 is 17.1 Å². The third-order valence-corrected chi connectivity index (χ3v) is 8.74. The van der Waals surface area contributed by atoms with Gasteiger partial charge in [0.05, 0.1) is 12.3 Å². The van der Waals surface area contributed by atoms with Crippen molar-refractivity contribution in [2.75, 3.05) is 6.61 Å². The largest absolute Gasteiger partial charge is 0.606 e. The first-order valence-electron chi connectivity index (χ1n) is 12.1. The number of rotatable bonds is 9. The number of hydrogen-bond donors (Lipinski definition) is 1. The number of benzene rings is 3. The number of carbonyl (C=O) groups is 1. The summed E-state index contributed by atoms with van der Waals surface area (Å²) in [6.45, 7) is 8.28. The maximum absolute atomic E-state index is 13.6. The Morgan fingerprint density at radius 1 is 0.973 bits per heavy atom. The lowest BCUT2D eigenvalue weighted by molar-refractivity contribution is 0.0683. The normalized spacial score (nSPS) is 11.9. The number of aromatic carboxylic acids is 1. The van der Waals surface area contributed by atoms with Crippen molar-refractivity contribution in [3.63, 3.8) is 0 Å². The number of aryl methyl sites for hydroxylation is 2. The van der Waals surface area contributed by atoms with Crippen LogP contribution in [0.15, 0.2) is 76.5 Å². The molecule has 37 heavy (non-hydrogen) atoms. The Hall–Kier alpha value is -3.19. The Labute approximate surface area is 225 Å². The van der Waals surface area contributed by atoms with Gasteiger partial charge in [0.15, 0.2) is 9.79 Å². The van der Waals surface area contributed by atoms with Crippen LogP contribution < -0.4 is 4.74 Å². The molecular formula is C30H30ClNO4S. The fourth-order valence-corrected chi connectivity index (χ4v) is 6.10. The fourth-order valence-electron chi connectivity index (χ4n) is 4.62. The van der Waals surface area contributed by atoms with E-state index in [2.05, 4.69) is 0 Å². The number of nitrogens with zero attached hydrogens (tertiary/aromatic N) is 1. The molecular weight excluding hydrogens is 506 g/mol. The van der Waals surface area contributed by atoms with E-state index in [4.69, 9.17) is 16.3 Å². The quantitative estimate of drug-likeness (QED) is 0.179. The summed E-state index contributed by atoms with van der Waals surface area (Å²) in [5, 5.41) is 10.7. The van der Waals surface area contributed by atoms with E-state index in [1.165, 1.54) is 0 Å². The Morgan fingerprint density at radius 3 is 2.16 bits per heavy atom. The van der Waals surface area contributed by atoms with Crippen molar-refractivity contribution >= 4 is 28.7 Å². The van der Waals surface area contributed by atoms with Crippen molar-refractivity contribution in [3.8, 4) is 16.9 Å². The molecule has 1 N–H and O–H groups in total. The number of aromatic nitrogens is 1. The van der Waals surface area contributed by atoms with Gasteiger partial charge in [-0.2, -0.15) is 0 Å². The van der Waals surface area contributed by atoms with Crippen LogP contribution in [0.25, 0.3) is 11.1 Å². The third kappa shape index (κ3) is 5.72. The smallest absolute Gasteiger partial charge is 0.352 e. The van der Waals surface area contributed by atoms with Gasteiger partial charge in [-0.05, 0) is 92.8 Å². The molecule has 192 valence electrons. The summed E-state index contributed by atoms with van der Waals surface area (Å²) in [5.74, 6) is -0.299. The average molecular weight is 536 g/mol. The highest BCUT2D eigenvalue weighted by molar-refractivity contribution is 7.91. The predicted octanol–water partition coefficient (Wildman–Crippen LogP) is 7.38. The van der Waals surface area contributed by atoms with Gasteiger partial charge < -0.3 is 19.0 Å². The molecule has 1 atom stereocenters. The second-order valence-electron chi connectivity index (χ2n) is 9.08. The molecule has 0 radical (unpaired) electrons. The van der Waals surface area contributed by atoms with Gasteiger partial charge in [-0.15, -0.1) is 0 Å². The molecule has 1 unspecified atom stereocenters. The Bertz CT molecular complexity index is 1390. The summed E-state index contributed by atoms with van der Waals surface area (Å²) < 4.78 is 21.2. The lowest BCUT2D eigenvalue weighted by Gasteiger charge is -2.13. The predicted molar refractivity (Wildman–Crippen MR) is 148 cm³/mol. The van der Waals surface area contributed by atoms with E-state index in [9.17, 15) is 14.5 Å². The molecule has 4 aromatic rings. The van der Waals surface area contributed by atoms with Crippen molar-refractivity contribution < 1.29 is 19.2 Å². The molecule has 0 amide bonds. The minimum atomic E-state index is -1.51. The first kappa shape index (κ1) is 26.9. The topological polar surface area (TPSA) is 74.5 Å². The SMILES string of the molecule is Cc1cc(OCCCn2c(C)c([S+]([O-])c3ccc(-c4ccccc4)cc3)c(C)c2C(=O)O)cc(C)c1Cl. The molecule has 0 saturated carbocycles. The molecule has 0 fully saturated rings. The molecule has 3 aromatic carbocycles. The number of carboxylic acids is 1. The number of ether oxygens (including phenoxy) is 1. The van der Waals surface area contributed by atoms with Gasteiger partial charge in [0.2, 0.25) is 0 Å². The number of halogens is 1. The minimum Gasteiger partial charge on any atom is -0.606 e. The Balaban J connectivity index is 1.52. The van der Waals surface area contributed by atoms with E-state index in [0.717, 1.165) is 33.0 Å². The van der Waals surface area contributed by atoms with E-state index in [1.54, 1.807) is 11.5 Å². The summed E-state index contributed by atoms with van der Waals surface area (Å²) in [5.41, 5.74) is 5.40. The van der Waals surface area contributed by atoms with Gasteiger partial charge in [-0.25, -0.2) is 4.79 Å². The highest BCUT2D eigenvalue weighted by atomic mass is 35.5. The second kappa shape index (κ2) is 11.5.